The van der Waals surface area contributed by atoms with Crippen LogP contribution in [0, 0.1) is 5.82 Å². The summed E-state index contributed by atoms with van der Waals surface area (Å²) in [6.45, 7) is 11.9. The van der Waals surface area contributed by atoms with Crippen molar-refractivity contribution in [1.29, 1.82) is 0 Å². The Labute approximate surface area is 222 Å². The Balaban J connectivity index is 1.77. The van der Waals surface area contributed by atoms with E-state index in [2.05, 4.69) is 9.38 Å². The molecule has 1 saturated heterocycles. The number of aromatic nitrogens is 1. The fraction of sp³-hybridized carbons (Fsp3) is 0.480. The van der Waals surface area contributed by atoms with Crippen LogP contribution in [0.5, 0.6) is 0 Å². The van der Waals surface area contributed by atoms with E-state index in [0.717, 1.165) is 15.9 Å². The van der Waals surface area contributed by atoms with Crippen LogP contribution in [0.3, 0.4) is 0 Å². The molecule has 1 amide bonds. The largest absolute Gasteiger partial charge is 0.444 e. The summed E-state index contributed by atoms with van der Waals surface area (Å²) in [5.41, 5.74) is 0.695. The van der Waals surface area contributed by atoms with Gasteiger partial charge in [-0.25, -0.2) is 18.5 Å². The molecule has 2 aliphatic rings. The number of hydrogen-bond acceptors (Lipinski definition) is 6. The number of hydrogen-bond donors (Lipinski definition) is 0. The highest BCUT2D eigenvalue weighted by molar-refractivity contribution is 7.92. The molecule has 12 heteroatoms. The maximum Gasteiger partial charge on any atom is 0.410 e. The molecule has 200 valence electrons. The van der Waals surface area contributed by atoms with Crippen molar-refractivity contribution in [2.75, 3.05) is 23.9 Å². The molecule has 4 rings (SSSR count). The number of benzene rings is 1. The van der Waals surface area contributed by atoms with E-state index in [0.29, 0.717) is 5.69 Å². The molecule has 37 heavy (non-hydrogen) atoms. The molecule has 0 saturated carbocycles. The molecule has 0 bridgehead atoms. The lowest BCUT2D eigenvalue weighted by Crippen LogP contribution is -2.57. The zero-order valence-corrected chi connectivity index (χ0v) is 23.3. The second-order valence-electron chi connectivity index (χ2n) is 10.5. The van der Waals surface area contributed by atoms with Crippen molar-refractivity contribution in [3.8, 4) is 0 Å². The summed E-state index contributed by atoms with van der Waals surface area (Å²) in [6.07, 6.45) is -0.450. The zero-order valence-electron chi connectivity index (χ0n) is 21.7. The van der Waals surface area contributed by atoms with Crippen molar-refractivity contribution >= 4 is 45.2 Å². The van der Waals surface area contributed by atoms with Crippen molar-refractivity contribution in [3.05, 3.63) is 52.4 Å². The van der Waals surface area contributed by atoms with Gasteiger partial charge in [-0.2, -0.15) is 8.42 Å². The molecule has 0 N–H and O–H groups in total. The number of anilines is 2. The Morgan fingerprint density at radius 1 is 1.22 bits per heavy atom. The quantitative estimate of drug-likeness (QED) is 0.483. The summed E-state index contributed by atoms with van der Waals surface area (Å²) in [7, 11) is -4.32. The fourth-order valence-corrected chi connectivity index (χ4v) is 5.87. The minimum Gasteiger partial charge on any atom is -0.444 e. The van der Waals surface area contributed by atoms with Crippen LogP contribution in [0.4, 0.5) is 20.7 Å². The lowest BCUT2D eigenvalue weighted by Gasteiger charge is -2.43. The van der Waals surface area contributed by atoms with Crippen LogP contribution in [0.25, 0.3) is 0 Å². The molecule has 2 aliphatic heterocycles. The van der Waals surface area contributed by atoms with Gasteiger partial charge in [0.2, 0.25) is 0 Å². The highest BCUT2D eigenvalue weighted by atomic mass is 35.5. The third-order valence-corrected chi connectivity index (χ3v) is 7.61. The maximum atomic E-state index is 14.7. The monoisotopic (exact) mass is 551 g/mol. The van der Waals surface area contributed by atoms with Crippen LogP contribution >= 0.6 is 11.6 Å². The number of ether oxygens (including phenoxy) is 1. The van der Waals surface area contributed by atoms with E-state index in [9.17, 15) is 17.6 Å². The summed E-state index contributed by atoms with van der Waals surface area (Å²) in [5, 5.41) is -0.440. The van der Waals surface area contributed by atoms with Gasteiger partial charge in [-0.05, 0) is 51.3 Å². The van der Waals surface area contributed by atoms with Crippen molar-refractivity contribution in [3.63, 3.8) is 0 Å². The molecule has 1 aromatic carbocycles. The summed E-state index contributed by atoms with van der Waals surface area (Å²) < 4.78 is 52.7. The van der Waals surface area contributed by atoms with Crippen molar-refractivity contribution < 1.29 is 22.3 Å². The number of fused-ring (bicyclic) bond motifs is 1. The molecule has 9 nitrogen and oxygen atoms in total. The minimum absolute atomic E-state index is 0.00268. The Kier molecular flexibility index (Phi) is 7.15. The topological polar surface area (TPSA) is 95.4 Å². The number of pyridine rings is 1. The van der Waals surface area contributed by atoms with Gasteiger partial charge in [0.1, 0.15) is 5.60 Å². The van der Waals surface area contributed by atoms with Gasteiger partial charge in [0.15, 0.2) is 22.6 Å². The summed E-state index contributed by atoms with van der Waals surface area (Å²) >= 11 is 6.04. The normalized spacial score (nSPS) is 19.5. The van der Waals surface area contributed by atoms with Gasteiger partial charge in [-0.1, -0.05) is 43.6 Å². The molecule has 1 atom stereocenters. The second-order valence-corrected chi connectivity index (χ2v) is 12.3. The molecule has 0 radical (unpaired) electrons. The van der Waals surface area contributed by atoms with Gasteiger partial charge in [0, 0.05) is 25.7 Å². The third-order valence-electron chi connectivity index (χ3n) is 6.11. The minimum atomic E-state index is -4.32. The van der Waals surface area contributed by atoms with Gasteiger partial charge >= 0.3 is 16.3 Å². The molecular formula is C25H31ClFN5O4S. The van der Waals surface area contributed by atoms with Gasteiger partial charge in [-0.3, -0.25) is 0 Å². The van der Waals surface area contributed by atoms with E-state index in [-0.39, 0.29) is 48.8 Å². The Bertz CT molecular complexity index is 1360. The highest BCUT2D eigenvalue weighted by Crippen LogP contribution is 2.41. The fourth-order valence-electron chi connectivity index (χ4n) is 4.46. The summed E-state index contributed by atoms with van der Waals surface area (Å²) in [6, 6.07) is 7.86. The molecule has 2 aromatic rings. The van der Waals surface area contributed by atoms with Gasteiger partial charge in [-0.15, -0.1) is 4.40 Å². The Morgan fingerprint density at radius 3 is 2.51 bits per heavy atom. The standard InChI is InChI=1S/C25H31ClFN5O4S/c1-15(2)17-9-7-8-10-20(17)32-22-18(13-19(27)21(26)28-22)23(29-37(32,34)35)31-12-11-30(14-16(31)3)24(33)36-25(4,5)6/h7-10,13,15-16H,11-12,14H2,1-6H3/t16-/m0/s1. The number of halogens is 2. The SMILES string of the molecule is CC(C)c1ccccc1N1c2nc(Cl)c(F)cc2C(N2CCN(C(=O)OC(C)(C)C)C[C@@H]2C)=NS1(=O)=O. The molecule has 1 fully saturated rings. The highest BCUT2D eigenvalue weighted by Gasteiger charge is 2.41. The first kappa shape index (κ1) is 27.1. The van der Waals surface area contributed by atoms with Crippen molar-refractivity contribution in [1.82, 2.24) is 14.8 Å². The number of piperazine rings is 1. The number of nitrogens with zero attached hydrogens (tertiary/aromatic N) is 5. The van der Waals surface area contributed by atoms with E-state index in [1.807, 2.05) is 32.9 Å². The predicted octanol–water partition coefficient (Wildman–Crippen LogP) is 5.08. The van der Waals surface area contributed by atoms with E-state index in [4.69, 9.17) is 16.3 Å². The van der Waals surface area contributed by atoms with Crippen LogP contribution in [-0.4, -0.2) is 66.4 Å². The number of rotatable bonds is 2. The average Bonchev–Trinajstić information content (AvgIpc) is 2.78. The van der Waals surface area contributed by atoms with Crippen LogP contribution < -0.4 is 4.31 Å². The Morgan fingerprint density at radius 2 is 1.89 bits per heavy atom. The Hall–Kier alpha value is -2.92. The van der Waals surface area contributed by atoms with Crippen LogP contribution in [0.1, 0.15) is 58.6 Å². The second kappa shape index (κ2) is 9.75. The molecule has 0 spiro atoms. The molecule has 3 heterocycles. The first-order valence-electron chi connectivity index (χ1n) is 12.0. The smallest absolute Gasteiger partial charge is 0.410 e. The van der Waals surface area contributed by atoms with E-state index in [1.54, 1.807) is 42.7 Å². The first-order chi connectivity index (χ1) is 17.2. The van der Waals surface area contributed by atoms with E-state index in [1.165, 1.54) is 0 Å². The van der Waals surface area contributed by atoms with Crippen molar-refractivity contribution in [2.45, 2.75) is 59.1 Å². The average molecular weight is 552 g/mol. The lowest BCUT2D eigenvalue weighted by atomic mass is 10.0. The number of para-hydroxylation sites is 1. The number of carbonyl (C=O) groups is 1. The van der Waals surface area contributed by atoms with Crippen molar-refractivity contribution in [2.24, 2.45) is 4.40 Å². The van der Waals surface area contributed by atoms with E-state index >= 15 is 0 Å². The molecular weight excluding hydrogens is 521 g/mol. The summed E-state index contributed by atoms with van der Waals surface area (Å²) in [5.74, 6) is -0.749. The van der Waals surface area contributed by atoms with Gasteiger partial charge in [0.25, 0.3) is 0 Å². The van der Waals surface area contributed by atoms with Gasteiger partial charge < -0.3 is 14.5 Å². The molecule has 0 unspecified atom stereocenters. The third kappa shape index (κ3) is 5.38. The van der Waals surface area contributed by atoms with Crippen LogP contribution in [-0.2, 0) is 14.9 Å². The maximum absolute atomic E-state index is 14.7. The number of amides is 1. The zero-order chi connectivity index (χ0) is 27.3. The molecule has 1 aromatic heterocycles. The van der Waals surface area contributed by atoms with Crippen LogP contribution in [0.2, 0.25) is 5.15 Å². The number of amidine groups is 1. The van der Waals surface area contributed by atoms with Crippen LogP contribution in [0.15, 0.2) is 34.7 Å². The summed E-state index contributed by atoms with van der Waals surface area (Å²) in [4.78, 5) is 20.1. The van der Waals surface area contributed by atoms with Gasteiger partial charge in [0.05, 0.1) is 11.3 Å². The molecule has 0 aliphatic carbocycles. The van der Waals surface area contributed by atoms with E-state index < -0.39 is 32.9 Å². The number of carbonyl (C=O) groups excluding carboxylic acids is 1. The predicted molar refractivity (Wildman–Crippen MR) is 141 cm³/mol. The lowest BCUT2D eigenvalue weighted by molar-refractivity contribution is 0.0134. The first-order valence-corrected chi connectivity index (χ1v) is 13.8.